The van der Waals surface area contributed by atoms with Crippen molar-refractivity contribution in [3.63, 3.8) is 0 Å². The van der Waals surface area contributed by atoms with Gasteiger partial charge < -0.3 is 19.9 Å². The summed E-state index contributed by atoms with van der Waals surface area (Å²) in [5.74, 6) is 0.487. The van der Waals surface area contributed by atoms with Gasteiger partial charge in [-0.3, -0.25) is 0 Å². The lowest BCUT2D eigenvalue weighted by molar-refractivity contribution is -0.133. The van der Waals surface area contributed by atoms with Crippen LogP contribution in [-0.2, 0) is 14.2 Å². The van der Waals surface area contributed by atoms with Gasteiger partial charge in [-0.05, 0) is 6.42 Å². The average molecular weight is 187 g/mol. The highest BCUT2D eigenvalue weighted by Gasteiger charge is 2.25. The van der Waals surface area contributed by atoms with Crippen LogP contribution in [-0.4, -0.2) is 45.2 Å². The highest BCUT2D eigenvalue weighted by Crippen LogP contribution is 2.16. The molecule has 13 heavy (non-hydrogen) atoms. The standard InChI is InChI=1S/C9H17NO3/c10-9(7-1-2-11-3-7)6-13-8-4-12-5-8/h7-9H,1-6,10H2. The molecule has 4 heteroatoms. The zero-order chi connectivity index (χ0) is 9.10. The minimum atomic E-state index is 0.128. The van der Waals surface area contributed by atoms with Crippen LogP contribution in [0.3, 0.4) is 0 Å². The number of nitrogens with two attached hydrogens (primary N) is 1. The fourth-order valence-electron chi connectivity index (χ4n) is 1.58. The Bertz CT molecular complexity index is 155. The number of rotatable bonds is 4. The first kappa shape index (κ1) is 9.40. The molecule has 2 N–H and O–H groups in total. The molecular formula is C9H17NO3. The molecule has 2 atom stereocenters. The number of ether oxygens (including phenoxy) is 3. The Hall–Kier alpha value is -0.160. The molecule has 0 aromatic rings. The highest BCUT2D eigenvalue weighted by molar-refractivity contribution is 4.77. The van der Waals surface area contributed by atoms with E-state index >= 15 is 0 Å². The SMILES string of the molecule is NC(COC1COC1)C1CCOC1. The average Bonchev–Trinajstić information content (AvgIpc) is 2.52. The van der Waals surface area contributed by atoms with Crippen molar-refractivity contribution in [3.8, 4) is 0 Å². The zero-order valence-electron chi connectivity index (χ0n) is 7.78. The lowest BCUT2D eigenvalue weighted by Crippen LogP contribution is -2.42. The van der Waals surface area contributed by atoms with Gasteiger partial charge in [-0.15, -0.1) is 0 Å². The van der Waals surface area contributed by atoms with Crippen molar-refractivity contribution in [1.29, 1.82) is 0 Å². The topological polar surface area (TPSA) is 53.7 Å². The third kappa shape index (κ3) is 2.40. The lowest BCUT2D eigenvalue weighted by Gasteiger charge is -2.28. The molecule has 0 aliphatic carbocycles. The first-order valence-corrected chi connectivity index (χ1v) is 4.89. The van der Waals surface area contributed by atoms with Crippen LogP contribution in [0.5, 0.6) is 0 Å². The summed E-state index contributed by atoms with van der Waals surface area (Å²) in [6.45, 7) is 3.75. The highest BCUT2D eigenvalue weighted by atomic mass is 16.6. The zero-order valence-corrected chi connectivity index (χ0v) is 7.78. The van der Waals surface area contributed by atoms with E-state index in [1.165, 1.54) is 0 Å². The quantitative estimate of drug-likeness (QED) is 0.660. The maximum atomic E-state index is 5.96. The molecule has 0 aromatic heterocycles. The van der Waals surface area contributed by atoms with Gasteiger partial charge in [0.2, 0.25) is 0 Å². The first-order valence-electron chi connectivity index (χ1n) is 4.89. The van der Waals surface area contributed by atoms with Crippen molar-refractivity contribution < 1.29 is 14.2 Å². The van der Waals surface area contributed by atoms with Gasteiger partial charge in [-0.2, -0.15) is 0 Å². The van der Waals surface area contributed by atoms with E-state index in [-0.39, 0.29) is 12.1 Å². The predicted molar refractivity (Wildman–Crippen MR) is 47.5 cm³/mol. The number of hydrogen-bond donors (Lipinski definition) is 1. The molecule has 0 saturated carbocycles. The molecule has 0 bridgehead atoms. The summed E-state index contributed by atoms with van der Waals surface area (Å²) < 4.78 is 15.8. The second kappa shape index (κ2) is 4.37. The van der Waals surface area contributed by atoms with Gasteiger partial charge in [0.15, 0.2) is 0 Å². The van der Waals surface area contributed by atoms with Crippen molar-refractivity contribution >= 4 is 0 Å². The van der Waals surface area contributed by atoms with E-state index in [2.05, 4.69) is 0 Å². The van der Waals surface area contributed by atoms with Gasteiger partial charge in [0, 0.05) is 18.6 Å². The van der Waals surface area contributed by atoms with E-state index in [9.17, 15) is 0 Å². The Labute approximate surface area is 78.3 Å². The Morgan fingerprint density at radius 1 is 1.31 bits per heavy atom. The molecule has 2 unspecified atom stereocenters. The van der Waals surface area contributed by atoms with Crippen LogP contribution >= 0.6 is 0 Å². The summed E-state index contributed by atoms with van der Waals surface area (Å²) >= 11 is 0. The molecule has 2 aliphatic rings. The van der Waals surface area contributed by atoms with Crippen LogP contribution in [0.4, 0.5) is 0 Å². The summed E-state index contributed by atoms with van der Waals surface area (Å²) in [7, 11) is 0. The van der Waals surface area contributed by atoms with Crippen LogP contribution in [0.2, 0.25) is 0 Å². The molecular weight excluding hydrogens is 170 g/mol. The second-order valence-corrected chi connectivity index (χ2v) is 3.78. The van der Waals surface area contributed by atoms with Gasteiger partial charge >= 0.3 is 0 Å². The van der Waals surface area contributed by atoms with Gasteiger partial charge in [0.05, 0.1) is 26.4 Å². The molecule has 0 aromatic carbocycles. The normalized spacial score (nSPS) is 31.6. The third-order valence-corrected chi connectivity index (χ3v) is 2.70. The van der Waals surface area contributed by atoms with Crippen molar-refractivity contribution in [2.24, 2.45) is 11.7 Å². The van der Waals surface area contributed by atoms with Crippen LogP contribution in [0.15, 0.2) is 0 Å². The van der Waals surface area contributed by atoms with Crippen LogP contribution in [0, 0.1) is 5.92 Å². The van der Waals surface area contributed by atoms with Crippen LogP contribution < -0.4 is 5.73 Å². The molecule has 4 nitrogen and oxygen atoms in total. The van der Waals surface area contributed by atoms with Crippen molar-refractivity contribution in [3.05, 3.63) is 0 Å². The predicted octanol–water partition coefficient (Wildman–Crippen LogP) is -0.234. The Morgan fingerprint density at radius 2 is 2.15 bits per heavy atom. The van der Waals surface area contributed by atoms with Gasteiger partial charge in [-0.1, -0.05) is 0 Å². The summed E-state index contributed by atoms with van der Waals surface area (Å²) in [5.41, 5.74) is 5.96. The van der Waals surface area contributed by atoms with E-state index in [1.54, 1.807) is 0 Å². The molecule has 2 saturated heterocycles. The van der Waals surface area contributed by atoms with Crippen LogP contribution in [0.1, 0.15) is 6.42 Å². The summed E-state index contributed by atoms with van der Waals surface area (Å²) in [5, 5.41) is 0. The molecule has 2 fully saturated rings. The molecule has 2 heterocycles. The Balaban J connectivity index is 1.62. The van der Waals surface area contributed by atoms with Gasteiger partial charge in [0.25, 0.3) is 0 Å². The van der Waals surface area contributed by atoms with E-state index in [1.807, 2.05) is 0 Å². The van der Waals surface area contributed by atoms with Crippen LogP contribution in [0.25, 0.3) is 0 Å². The minimum Gasteiger partial charge on any atom is -0.381 e. The molecule has 0 amide bonds. The Kier molecular flexibility index (Phi) is 3.16. The maximum absolute atomic E-state index is 5.96. The van der Waals surface area contributed by atoms with E-state index in [4.69, 9.17) is 19.9 Å². The largest absolute Gasteiger partial charge is 0.381 e. The molecule has 0 radical (unpaired) electrons. The van der Waals surface area contributed by atoms with E-state index < -0.39 is 0 Å². The lowest BCUT2D eigenvalue weighted by atomic mass is 10.0. The maximum Gasteiger partial charge on any atom is 0.104 e. The Morgan fingerprint density at radius 3 is 2.69 bits per heavy atom. The molecule has 76 valence electrons. The molecule has 2 rings (SSSR count). The summed E-state index contributed by atoms with van der Waals surface area (Å²) in [6.07, 6.45) is 1.36. The van der Waals surface area contributed by atoms with Crippen molar-refractivity contribution in [2.75, 3.05) is 33.0 Å². The monoisotopic (exact) mass is 187 g/mol. The smallest absolute Gasteiger partial charge is 0.104 e. The second-order valence-electron chi connectivity index (χ2n) is 3.78. The first-order chi connectivity index (χ1) is 6.36. The fraction of sp³-hybridized carbons (Fsp3) is 1.00. The van der Waals surface area contributed by atoms with E-state index in [0.717, 1.165) is 32.8 Å². The summed E-state index contributed by atoms with van der Waals surface area (Å²) in [6, 6.07) is 0.128. The van der Waals surface area contributed by atoms with Gasteiger partial charge in [-0.25, -0.2) is 0 Å². The number of hydrogen-bond acceptors (Lipinski definition) is 4. The van der Waals surface area contributed by atoms with E-state index in [0.29, 0.717) is 12.5 Å². The fourth-order valence-corrected chi connectivity index (χ4v) is 1.58. The van der Waals surface area contributed by atoms with Crippen molar-refractivity contribution in [2.45, 2.75) is 18.6 Å². The third-order valence-electron chi connectivity index (χ3n) is 2.70. The molecule has 0 spiro atoms. The molecule has 2 aliphatic heterocycles. The summed E-state index contributed by atoms with van der Waals surface area (Å²) in [4.78, 5) is 0. The van der Waals surface area contributed by atoms with Gasteiger partial charge in [0.1, 0.15) is 6.10 Å². The van der Waals surface area contributed by atoms with Crippen molar-refractivity contribution in [1.82, 2.24) is 0 Å². The minimum absolute atomic E-state index is 0.128.